The molecule has 0 unspecified atom stereocenters. The molecule has 0 N–H and O–H groups in total. The van der Waals surface area contributed by atoms with Crippen LogP contribution in [0.1, 0.15) is 31.7 Å². The van der Waals surface area contributed by atoms with Gasteiger partial charge in [-0.2, -0.15) is 0 Å². The van der Waals surface area contributed by atoms with E-state index in [2.05, 4.69) is 16.3 Å². The van der Waals surface area contributed by atoms with Crippen LogP contribution in [0.5, 0.6) is 5.75 Å². The summed E-state index contributed by atoms with van der Waals surface area (Å²) >= 11 is 3.13. The van der Waals surface area contributed by atoms with E-state index < -0.39 is 0 Å². The summed E-state index contributed by atoms with van der Waals surface area (Å²) in [5, 5.41) is 9.18. The summed E-state index contributed by atoms with van der Waals surface area (Å²) in [6, 6.07) is 8.32. The average molecular weight is 349 g/mol. The van der Waals surface area contributed by atoms with Crippen molar-refractivity contribution in [3.05, 3.63) is 29.8 Å². The number of hydrogen-bond acceptors (Lipinski definition) is 6. The number of ether oxygens (including phenoxy) is 1. The van der Waals surface area contributed by atoms with Gasteiger partial charge in [-0.25, -0.2) is 0 Å². The van der Waals surface area contributed by atoms with E-state index in [0.717, 1.165) is 33.8 Å². The Morgan fingerprint density at radius 1 is 1.43 bits per heavy atom. The Morgan fingerprint density at radius 3 is 2.96 bits per heavy atom. The van der Waals surface area contributed by atoms with Crippen LogP contribution in [0.3, 0.4) is 0 Å². The Labute approximate surface area is 144 Å². The van der Waals surface area contributed by atoms with E-state index in [1.807, 2.05) is 30.0 Å². The number of aromatic nitrogens is 2. The van der Waals surface area contributed by atoms with Gasteiger partial charge in [0.15, 0.2) is 4.34 Å². The second kappa shape index (κ2) is 7.31. The third-order valence-corrected chi connectivity index (χ3v) is 5.71. The summed E-state index contributed by atoms with van der Waals surface area (Å²) in [4.78, 5) is 13.9. The number of rotatable bonds is 7. The second-order valence-corrected chi connectivity index (χ2v) is 7.52. The van der Waals surface area contributed by atoms with Gasteiger partial charge >= 0.3 is 0 Å². The minimum absolute atomic E-state index is 0.132. The normalized spacial score (nSPS) is 13.8. The Balaban J connectivity index is 1.65. The number of methoxy groups -OCH3 is 1. The molecule has 122 valence electrons. The van der Waals surface area contributed by atoms with Crippen LogP contribution in [0.2, 0.25) is 0 Å². The standard InChI is InChI=1S/C16H19N3O2S2/c1-3-14(20)19(12-7-8-12)15-17-18-16(23-15)22-10-11-5-4-6-13(9-11)21-2/h4-6,9,12H,3,7-8,10H2,1-2H3. The maximum atomic E-state index is 12.1. The van der Waals surface area contributed by atoms with Crippen LogP contribution in [-0.2, 0) is 10.5 Å². The molecule has 0 aliphatic heterocycles. The first-order valence-corrected chi connectivity index (χ1v) is 9.42. The number of carbonyl (C=O) groups excluding carboxylic acids is 1. The number of carbonyl (C=O) groups is 1. The summed E-state index contributed by atoms with van der Waals surface area (Å²) in [6.45, 7) is 1.89. The molecule has 1 aromatic heterocycles. The van der Waals surface area contributed by atoms with Crippen molar-refractivity contribution < 1.29 is 9.53 Å². The molecule has 1 fully saturated rings. The highest BCUT2D eigenvalue weighted by Gasteiger charge is 2.35. The molecular weight excluding hydrogens is 330 g/mol. The molecule has 1 aliphatic rings. The van der Waals surface area contributed by atoms with Crippen molar-refractivity contribution in [2.75, 3.05) is 12.0 Å². The third kappa shape index (κ3) is 4.03. The van der Waals surface area contributed by atoms with E-state index in [1.165, 1.54) is 16.9 Å². The molecule has 0 bridgehead atoms. The highest BCUT2D eigenvalue weighted by molar-refractivity contribution is 8.00. The number of anilines is 1. The Bertz CT molecular complexity index is 685. The summed E-state index contributed by atoms with van der Waals surface area (Å²) in [5.74, 6) is 1.79. The van der Waals surface area contributed by atoms with E-state index in [1.54, 1.807) is 18.9 Å². The Kier molecular flexibility index (Phi) is 5.17. The van der Waals surface area contributed by atoms with Crippen molar-refractivity contribution >= 4 is 34.1 Å². The molecule has 1 aliphatic carbocycles. The van der Waals surface area contributed by atoms with Gasteiger partial charge in [-0.15, -0.1) is 10.2 Å². The van der Waals surface area contributed by atoms with Crippen molar-refractivity contribution in [3.63, 3.8) is 0 Å². The van der Waals surface area contributed by atoms with Crippen molar-refractivity contribution in [2.45, 2.75) is 42.3 Å². The summed E-state index contributed by atoms with van der Waals surface area (Å²) in [7, 11) is 1.67. The van der Waals surface area contributed by atoms with Crippen molar-refractivity contribution in [3.8, 4) is 5.75 Å². The van der Waals surface area contributed by atoms with Gasteiger partial charge in [-0.3, -0.25) is 9.69 Å². The van der Waals surface area contributed by atoms with Crippen LogP contribution in [0.4, 0.5) is 5.13 Å². The van der Waals surface area contributed by atoms with Gasteiger partial charge in [0.1, 0.15) is 5.75 Å². The van der Waals surface area contributed by atoms with Crippen LogP contribution in [0, 0.1) is 0 Å². The van der Waals surface area contributed by atoms with Crippen LogP contribution in [0.15, 0.2) is 28.6 Å². The Morgan fingerprint density at radius 2 is 2.26 bits per heavy atom. The van der Waals surface area contributed by atoms with Crippen molar-refractivity contribution in [2.24, 2.45) is 0 Å². The third-order valence-electron chi connectivity index (χ3n) is 3.58. The largest absolute Gasteiger partial charge is 0.497 e. The predicted octanol–water partition coefficient (Wildman–Crippen LogP) is 3.74. The maximum absolute atomic E-state index is 12.1. The van der Waals surface area contributed by atoms with E-state index in [9.17, 15) is 4.79 Å². The minimum atomic E-state index is 0.132. The zero-order chi connectivity index (χ0) is 16.2. The molecule has 0 saturated heterocycles. The Hall–Kier alpha value is -1.60. The van der Waals surface area contributed by atoms with Gasteiger partial charge in [0.25, 0.3) is 0 Å². The first kappa shape index (κ1) is 16.3. The lowest BCUT2D eigenvalue weighted by Gasteiger charge is -2.17. The average Bonchev–Trinajstić information content (AvgIpc) is 3.31. The van der Waals surface area contributed by atoms with Gasteiger partial charge in [0.05, 0.1) is 7.11 Å². The fraction of sp³-hybridized carbons (Fsp3) is 0.438. The van der Waals surface area contributed by atoms with Crippen LogP contribution >= 0.6 is 23.1 Å². The van der Waals surface area contributed by atoms with E-state index in [0.29, 0.717) is 12.5 Å². The van der Waals surface area contributed by atoms with Crippen LogP contribution < -0.4 is 9.64 Å². The fourth-order valence-electron chi connectivity index (χ4n) is 2.24. The van der Waals surface area contributed by atoms with Gasteiger partial charge < -0.3 is 4.74 Å². The molecular formula is C16H19N3O2S2. The van der Waals surface area contributed by atoms with Gasteiger partial charge in [0.2, 0.25) is 11.0 Å². The van der Waals surface area contributed by atoms with Gasteiger partial charge in [-0.1, -0.05) is 42.2 Å². The second-order valence-electron chi connectivity index (χ2n) is 5.34. The van der Waals surface area contributed by atoms with E-state index in [-0.39, 0.29) is 5.91 Å². The summed E-state index contributed by atoms with van der Waals surface area (Å²) < 4.78 is 6.12. The lowest BCUT2D eigenvalue weighted by molar-refractivity contribution is -0.118. The monoisotopic (exact) mass is 349 g/mol. The van der Waals surface area contributed by atoms with Crippen LogP contribution in [-0.4, -0.2) is 29.3 Å². The fourth-order valence-corrected chi connectivity index (χ4v) is 4.11. The SMILES string of the molecule is CCC(=O)N(c1nnc(SCc2cccc(OC)c2)s1)C1CC1. The maximum Gasteiger partial charge on any atom is 0.228 e. The molecule has 2 aromatic rings. The molecule has 1 saturated carbocycles. The van der Waals surface area contributed by atoms with Gasteiger partial charge in [0, 0.05) is 18.2 Å². The first-order chi connectivity index (χ1) is 11.2. The highest BCUT2D eigenvalue weighted by atomic mass is 32.2. The lowest BCUT2D eigenvalue weighted by Crippen LogP contribution is -2.32. The van der Waals surface area contributed by atoms with E-state index >= 15 is 0 Å². The van der Waals surface area contributed by atoms with E-state index in [4.69, 9.17) is 4.74 Å². The first-order valence-electron chi connectivity index (χ1n) is 7.62. The predicted molar refractivity (Wildman–Crippen MR) is 93.3 cm³/mol. The smallest absolute Gasteiger partial charge is 0.228 e. The summed E-state index contributed by atoms with van der Waals surface area (Å²) in [6.07, 6.45) is 2.64. The molecule has 0 radical (unpaired) electrons. The summed E-state index contributed by atoms with van der Waals surface area (Å²) in [5.41, 5.74) is 1.18. The lowest BCUT2D eigenvalue weighted by atomic mass is 10.2. The molecule has 3 rings (SSSR count). The van der Waals surface area contributed by atoms with Crippen molar-refractivity contribution in [1.82, 2.24) is 10.2 Å². The number of benzene rings is 1. The molecule has 5 nitrogen and oxygen atoms in total. The molecule has 0 spiro atoms. The van der Waals surface area contributed by atoms with Crippen molar-refractivity contribution in [1.29, 1.82) is 0 Å². The molecule has 1 aromatic carbocycles. The number of thioether (sulfide) groups is 1. The number of amides is 1. The molecule has 0 atom stereocenters. The molecule has 1 amide bonds. The number of hydrogen-bond donors (Lipinski definition) is 0. The topological polar surface area (TPSA) is 55.3 Å². The highest BCUT2D eigenvalue weighted by Crippen LogP contribution is 2.36. The van der Waals surface area contributed by atoms with Gasteiger partial charge in [-0.05, 0) is 30.5 Å². The molecule has 1 heterocycles. The number of nitrogens with zero attached hydrogens (tertiary/aromatic N) is 3. The quantitative estimate of drug-likeness (QED) is 0.563. The molecule has 7 heteroatoms. The molecule has 23 heavy (non-hydrogen) atoms. The van der Waals surface area contributed by atoms with Crippen LogP contribution in [0.25, 0.3) is 0 Å². The zero-order valence-corrected chi connectivity index (χ0v) is 14.8. The zero-order valence-electron chi connectivity index (χ0n) is 13.2. The minimum Gasteiger partial charge on any atom is -0.497 e.